The lowest BCUT2D eigenvalue weighted by molar-refractivity contribution is -0.143. The Morgan fingerprint density at radius 3 is 2.76 bits per heavy atom. The molecule has 0 aliphatic carbocycles. The van der Waals surface area contributed by atoms with Gasteiger partial charge in [-0.25, -0.2) is 0 Å². The normalized spacial score (nSPS) is 23.0. The maximum Gasteiger partial charge on any atom is 0.321 e. The number of carboxylic acid groups (broad SMARTS) is 1. The number of carbonyl (C=O) groups is 1. The molecule has 0 saturated carbocycles. The molecule has 1 aliphatic rings. The standard InChI is InChI=1S/C17H22N2O2/c1-11-8-9-19(16(11)17(20)21)10-15-12(2)13-6-4-5-7-14(13)18(15)3/h4-7,11,16H,8-10H2,1-3H3,(H,20,21). The first-order valence-electron chi connectivity index (χ1n) is 7.50. The molecule has 1 aromatic carbocycles. The minimum absolute atomic E-state index is 0.220. The van der Waals surface area contributed by atoms with E-state index in [0.29, 0.717) is 6.54 Å². The average molecular weight is 286 g/mol. The van der Waals surface area contributed by atoms with Gasteiger partial charge in [-0.3, -0.25) is 9.69 Å². The molecule has 21 heavy (non-hydrogen) atoms. The van der Waals surface area contributed by atoms with Crippen LogP contribution in [0.15, 0.2) is 24.3 Å². The zero-order valence-corrected chi connectivity index (χ0v) is 12.8. The predicted molar refractivity (Wildman–Crippen MR) is 83.3 cm³/mol. The molecule has 2 atom stereocenters. The Morgan fingerprint density at radius 2 is 2.10 bits per heavy atom. The third kappa shape index (κ3) is 2.23. The van der Waals surface area contributed by atoms with E-state index in [1.165, 1.54) is 22.2 Å². The molecule has 112 valence electrons. The number of para-hydroxylation sites is 1. The Bertz CT molecular complexity index is 650. The van der Waals surface area contributed by atoms with Gasteiger partial charge in [0, 0.05) is 30.2 Å². The van der Waals surface area contributed by atoms with Crippen molar-refractivity contribution in [1.29, 1.82) is 0 Å². The van der Waals surface area contributed by atoms with Crippen LogP contribution in [0.1, 0.15) is 24.6 Å². The van der Waals surface area contributed by atoms with Crippen LogP contribution in [0.5, 0.6) is 0 Å². The van der Waals surface area contributed by atoms with Crippen molar-refractivity contribution in [2.75, 3.05) is 6.54 Å². The molecule has 0 spiro atoms. The molecule has 1 saturated heterocycles. The van der Waals surface area contributed by atoms with Gasteiger partial charge >= 0.3 is 5.97 Å². The quantitative estimate of drug-likeness (QED) is 0.943. The molecule has 0 amide bonds. The van der Waals surface area contributed by atoms with Gasteiger partial charge in [0.15, 0.2) is 0 Å². The SMILES string of the molecule is Cc1c(CN2CCC(C)C2C(=O)O)n(C)c2ccccc12. The highest BCUT2D eigenvalue weighted by molar-refractivity contribution is 5.85. The second-order valence-electron chi connectivity index (χ2n) is 6.17. The Balaban J connectivity index is 1.97. The van der Waals surface area contributed by atoms with Crippen LogP contribution in [-0.4, -0.2) is 33.1 Å². The summed E-state index contributed by atoms with van der Waals surface area (Å²) in [5.74, 6) is -0.478. The summed E-state index contributed by atoms with van der Waals surface area (Å²) >= 11 is 0. The largest absolute Gasteiger partial charge is 0.480 e. The first-order valence-corrected chi connectivity index (χ1v) is 7.50. The number of aryl methyl sites for hydroxylation is 2. The van der Waals surface area contributed by atoms with Crippen LogP contribution in [0.25, 0.3) is 10.9 Å². The summed E-state index contributed by atoms with van der Waals surface area (Å²) in [4.78, 5) is 13.6. The van der Waals surface area contributed by atoms with E-state index in [-0.39, 0.29) is 12.0 Å². The summed E-state index contributed by atoms with van der Waals surface area (Å²) in [5, 5.41) is 10.7. The molecule has 2 unspecified atom stereocenters. The number of nitrogens with zero attached hydrogens (tertiary/aromatic N) is 2. The molecular weight excluding hydrogens is 264 g/mol. The van der Waals surface area contributed by atoms with Crippen LogP contribution in [0.3, 0.4) is 0 Å². The zero-order chi connectivity index (χ0) is 15.1. The molecule has 4 nitrogen and oxygen atoms in total. The summed E-state index contributed by atoms with van der Waals surface area (Å²) in [7, 11) is 2.07. The Labute approximate surface area is 125 Å². The van der Waals surface area contributed by atoms with Gasteiger partial charge < -0.3 is 9.67 Å². The Morgan fingerprint density at radius 1 is 1.38 bits per heavy atom. The summed E-state index contributed by atoms with van der Waals surface area (Å²) < 4.78 is 2.20. The van der Waals surface area contributed by atoms with Crippen molar-refractivity contribution in [3.05, 3.63) is 35.5 Å². The monoisotopic (exact) mass is 286 g/mol. The number of aliphatic carboxylic acids is 1. The molecule has 1 aliphatic heterocycles. The van der Waals surface area contributed by atoms with Crippen molar-refractivity contribution in [1.82, 2.24) is 9.47 Å². The zero-order valence-electron chi connectivity index (χ0n) is 12.8. The highest BCUT2D eigenvalue weighted by Crippen LogP contribution is 2.30. The molecule has 1 aromatic heterocycles. The molecule has 3 rings (SSSR count). The topological polar surface area (TPSA) is 45.5 Å². The van der Waals surface area contributed by atoms with E-state index in [1.54, 1.807) is 0 Å². The van der Waals surface area contributed by atoms with E-state index in [0.717, 1.165) is 13.0 Å². The first-order chi connectivity index (χ1) is 10.0. The van der Waals surface area contributed by atoms with Gasteiger partial charge in [-0.2, -0.15) is 0 Å². The molecule has 0 bridgehead atoms. The summed E-state index contributed by atoms with van der Waals surface area (Å²) in [6, 6.07) is 7.99. The van der Waals surface area contributed by atoms with Crippen molar-refractivity contribution >= 4 is 16.9 Å². The number of hydrogen-bond donors (Lipinski definition) is 1. The highest BCUT2D eigenvalue weighted by atomic mass is 16.4. The van der Waals surface area contributed by atoms with Gasteiger partial charge in [-0.1, -0.05) is 25.1 Å². The number of carboxylic acids is 1. The number of aromatic nitrogens is 1. The lowest BCUT2D eigenvalue weighted by Crippen LogP contribution is -2.38. The maximum atomic E-state index is 11.5. The lowest BCUT2D eigenvalue weighted by atomic mass is 10.0. The van der Waals surface area contributed by atoms with Crippen molar-refractivity contribution in [3.8, 4) is 0 Å². The maximum absolute atomic E-state index is 11.5. The Kier molecular flexibility index (Phi) is 3.49. The van der Waals surface area contributed by atoms with E-state index in [9.17, 15) is 9.90 Å². The minimum atomic E-state index is -0.698. The molecule has 1 N–H and O–H groups in total. The second kappa shape index (κ2) is 5.19. The predicted octanol–water partition coefficient (Wildman–Crippen LogP) is 2.78. The number of benzene rings is 1. The molecule has 4 heteroatoms. The molecular formula is C17H22N2O2. The molecule has 1 fully saturated rings. The number of rotatable bonds is 3. The van der Waals surface area contributed by atoms with Gasteiger partial charge in [0.2, 0.25) is 0 Å². The highest BCUT2D eigenvalue weighted by Gasteiger charge is 2.37. The fraction of sp³-hybridized carbons (Fsp3) is 0.471. The van der Waals surface area contributed by atoms with Crippen LogP contribution in [0, 0.1) is 12.8 Å². The van der Waals surface area contributed by atoms with E-state index in [2.05, 4.69) is 41.6 Å². The van der Waals surface area contributed by atoms with Gasteiger partial charge in [0.25, 0.3) is 0 Å². The first kappa shape index (κ1) is 14.1. The second-order valence-corrected chi connectivity index (χ2v) is 6.17. The van der Waals surface area contributed by atoms with Gasteiger partial charge in [-0.15, -0.1) is 0 Å². The number of likely N-dealkylation sites (tertiary alicyclic amines) is 1. The van der Waals surface area contributed by atoms with Crippen molar-refractivity contribution in [2.24, 2.45) is 13.0 Å². The third-order valence-electron chi connectivity index (χ3n) is 4.92. The van der Waals surface area contributed by atoms with E-state index in [4.69, 9.17) is 0 Å². The van der Waals surface area contributed by atoms with E-state index in [1.807, 2.05) is 13.0 Å². The summed E-state index contributed by atoms with van der Waals surface area (Å²) in [6.07, 6.45) is 0.958. The number of fused-ring (bicyclic) bond motifs is 1. The number of hydrogen-bond acceptors (Lipinski definition) is 2. The van der Waals surface area contributed by atoms with Gasteiger partial charge in [0.05, 0.1) is 0 Å². The minimum Gasteiger partial charge on any atom is -0.480 e. The lowest BCUT2D eigenvalue weighted by Gasteiger charge is -2.23. The van der Waals surface area contributed by atoms with Crippen LogP contribution in [0.2, 0.25) is 0 Å². The van der Waals surface area contributed by atoms with Crippen LogP contribution < -0.4 is 0 Å². The van der Waals surface area contributed by atoms with Crippen molar-refractivity contribution in [2.45, 2.75) is 32.9 Å². The Hall–Kier alpha value is -1.81. The molecule has 2 heterocycles. The fourth-order valence-corrected chi connectivity index (χ4v) is 3.66. The summed E-state index contributed by atoms with van der Waals surface area (Å²) in [5.41, 5.74) is 3.69. The van der Waals surface area contributed by atoms with Crippen LogP contribution >= 0.6 is 0 Å². The average Bonchev–Trinajstić information content (AvgIpc) is 2.94. The molecule has 2 aromatic rings. The van der Waals surface area contributed by atoms with E-state index >= 15 is 0 Å². The summed E-state index contributed by atoms with van der Waals surface area (Å²) in [6.45, 7) is 5.73. The smallest absolute Gasteiger partial charge is 0.321 e. The van der Waals surface area contributed by atoms with E-state index < -0.39 is 5.97 Å². The van der Waals surface area contributed by atoms with Crippen molar-refractivity contribution in [3.63, 3.8) is 0 Å². The van der Waals surface area contributed by atoms with Crippen molar-refractivity contribution < 1.29 is 9.90 Å². The van der Waals surface area contributed by atoms with Crippen LogP contribution in [0.4, 0.5) is 0 Å². The van der Waals surface area contributed by atoms with Crippen LogP contribution in [-0.2, 0) is 18.4 Å². The van der Waals surface area contributed by atoms with Gasteiger partial charge in [-0.05, 0) is 37.4 Å². The fourth-order valence-electron chi connectivity index (χ4n) is 3.66. The van der Waals surface area contributed by atoms with Gasteiger partial charge in [0.1, 0.15) is 6.04 Å². The molecule has 0 radical (unpaired) electrons. The third-order valence-corrected chi connectivity index (χ3v) is 4.92.